The van der Waals surface area contributed by atoms with Gasteiger partial charge in [-0.1, -0.05) is 60.9 Å². The summed E-state index contributed by atoms with van der Waals surface area (Å²) in [4.78, 5) is 12.4. The van der Waals surface area contributed by atoms with Gasteiger partial charge in [-0.05, 0) is 48.2 Å². The fourth-order valence-electron chi connectivity index (χ4n) is 3.11. The van der Waals surface area contributed by atoms with E-state index in [9.17, 15) is 4.79 Å². The molecular weight excluding hydrogens is 467 g/mol. The number of aromatic nitrogens is 3. The van der Waals surface area contributed by atoms with E-state index in [1.54, 1.807) is 19.2 Å². The zero-order valence-electron chi connectivity index (χ0n) is 18.3. The SMILES string of the molecule is COc1ccc(CCNC(=O)CSc2nnc(-c3ccc(Cl)cc3Cl)n2CC(C)C)cc1. The number of benzene rings is 2. The Morgan fingerprint density at radius 3 is 2.56 bits per heavy atom. The quantitative estimate of drug-likeness (QED) is 0.385. The van der Waals surface area contributed by atoms with E-state index in [1.807, 2.05) is 34.9 Å². The number of ether oxygens (including phenoxy) is 1. The van der Waals surface area contributed by atoms with Crippen molar-refractivity contribution >= 4 is 40.9 Å². The highest BCUT2D eigenvalue weighted by molar-refractivity contribution is 7.99. The van der Waals surface area contributed by atoms with E-state index in [4.69, 9.17) is 27.9 Å². The molecule has 0 aliphatic heterocycles. The fourth-order valence-corrected chi connectivity index (χ4v) is 4.39. The number of thioether (sulfide) groups is 1. The molecule has 2 aromatic carbocycles. The van der Waals surface area contributed by atoms with Crippen LogP contribution in [0.1, 0.15) is 19.4 Å². The summed E-state index contributed by atoms with van der Waals surface area (Å²) < 4.78 is 7.17. The molecule has 1 N–H and O–H groups in total. The molecular formula is C23H26Cl2N4O2S. The van der Waals surface area contributed by atoms with Crippen molar-refractivity contribution < 1.29 is 9.53 Å². The molecule has 0 fully saturated rings. The molecule has 1 amide bonds. The zero-order chi connectivity index (χ0) is 23.1. The van der Waals surface area contributed by atoms with Crippen LogP contribution in [0, 0.1) is 5.92 Å². The highest BCUT2D eigenvalue weighted by Crippen LogP contribution is 2.32. The van der Waals surface area contributed by atoms with Crippen molar-refractivity contribution in [2.45, 2.75) is 32.0 Å². The molecule has 0 radical (unpaired) electrons. The summed E-state index contributed by atoms with van der Waals surface area (Å²) >= 11 is 13.8. The van der Waals surface area contributed by atoms with Crippen molar-refractivity contribution in [1.29, 1.82) is 0 Å². The van der Waals surface area contributed by atoms with Crippen LogP contribution in [0.25, 0.3) is 11.4 Å². The lowest BCUT2D eigenvalue weighted by molar-refractivity contribution is -0.118. The van der Waals surface area contributed by atoms with E-state index in [2.05, 4.69) is 29.4 Å². The van der Waals surface area contributed by atoms with Crippen LogP contribution >= 0.6 is 35.0 Å². The van der Waals surface area contributed by atoms with Crippen molar-refractivity contribution in [3.8, 4) is 17.1 Å². The van der Waals surface area contributed by atoms with Crippen LogP contribution in [-0.2, 0) is 17.8 Å². The average Bonchev–Trinajstić information content (AvgIpc) is 3.14. The zero-order valence-corrected chi connectivity index (χ0v) is 20.6. The summed E-state index contributed by atoms with van der Waals surface area (Å²) in [5.41, 5.74) is 1.90. The van der Waals surface area contributed by atoms with Gasteiger partial charge in [-0.25, -0.2) is 0 Å². The van der Waals surface area contributed by atoms with Crippen molar-refractivity contribution in [2.75, 3.05) is 19.4 Å². The van der Waals surface area contributed by atoms with E-state index < -0.39 is 0 Å². The number of hydrogen-bond acceptors (Lipinski definition) is 5. The van der Waals surface area contributed by atoms with Crippen molar-refractivity contribution in [1.82, 2.24) is 20.1 Å². The average molecular weight is 493 g/mol. The minimum absolute atomic E-state index is 0.0475. The molecule has 170 valence electrons. The maximum Gasteiger partial charge on any atom is 0.230 e. The standard InChI is InChI=1S/C23H26Cl2N4O2S/c1-15(2)13-29-22(19-9-6-17(24)12-20(19)25)27-28-23(29)32-14-21(30)26-11-10-16-4-7-18(31-3)8-5-16/h4-9,12,15H,10-11,13-14H2,1-3H3,(H,26,30). The number of rotatable bonds is 10. The number of nitrogens with zero attached hydrogens (tertiary/aromatic N) is 3. The maximum absolute atomic E-state index is 12.4. The molecule has 1 aromatic heterocycles. The molecule has 9 heteroatoms. The van der Waals surface area contributed by atoms with Gasteiger partial charge in [0, 0.05) is 23.7 Å². The van der Waals surface area contributed by atoms with E-state index in [1.165, 1.54) is 11.8 Å². The maximum atomic E-state index is 12.4. The van der Waals surface area contributed by atoms with Gasteiger partial charge in [-0.3, -0.25) is 4.79 Å². The summed E-state index contributed by atoms with van der Waals surface area (Å²) in [5.74, 6) is 2.07. The van der Waals surface area contributed by atoms with Gasteiger partial charge in [-0.15, -0.1) is 10.2 Å². The number of amides is 1. The van der Waals surface area contributed by atoms with Gasteiger partial charge in [-0.2, -0.15) is 0 Å². The Labute approximate surface area is 202 Å². The van der Waals surface area contributed by atoms with Crippen LogP contribution in [0.15, 0.2) is 47.6 Å². The normalized spacial score (nSPS) is 11.1. The molecule has 3 rings (SSSR count). The van der Waals surface area contributed by atoms with Gasteiger partial charge in [0.05, 0.1) is 17.9 Å². The molecule has 0 spiro atoms. The Morgan fingerprint density at radius 2 is 1.91 bits per heavy atom. The Balaban J connectivity index is 1.61. The Bertz CT molecular complexity index is 1050. The first-order chi connectivity index (χ1) is 15.4. The lowest BCUT2D eigenvalue weighted by Crippen LogP contribution is -2.27. The fraction of sp³-hybridized carbons (Fsp3) is 0.348. The first kappa shape index (κ1) is 24.4. The Morgan fingerprint density at radius 1 is 1.16 bits per heavy atom. The van der Waals surface area contributed by atoms with Crippen molar-refractivity contribution in [2.24, 2.45) is 5.92 Å². The van der Waals surface area contributed by atoms with E-state index >= 15 is 0 Å². The molecule has 0 unspecified atom stereocenters. The Kier molecular flexibility index (Phi) is 8.84. The first-order valence-corrected chi connectivity index (χ1v) is 12.0. The second-order valence-electron chi connectivity index (χ2n) is 7.67. The van der Waals surface area contributed by atoms with Gasteiger partial charge in [0.2, 0.25) is 5.91 Å². The predicted octanol–water partition coefficient (Wildman–Crippen LogP) is 5.37. The lowest BCUT2D eigenvalue weighted by atomic mass is 10.1. The van der Waals surface area contributed by atoms with Crippen LogP contribution in [0.3, 0.4) is 0 Å². The third-order valence-corrected chi connectivity index (χ3v) is 6.18. The number of carbonyl (C=O) groups excluding carboxylic acids is 1. The van der Waals surface area contributed by atoms with E-state index in [0.717, 1.165) is 23.3 Å². The molecule has 0 bridgehead atoms. The molecule has 32 heavy (non-hydrogen) atoms. The number of halogens is 2. The van der Waals surface area contributed by atoms with Crippen LogP contribution < -0.4 is 10.1 Å². The first-order valence-electron chi connectivity index (χ1n) is 10.3. The molecule has 0 saturated carbocycles. The summed E-state index contributed by atoms with van der Waals surface area (Å²) in [7, 11) is 1.64. The molecule has 0 atom stereocenters. The smallest absolute Gasteiger partial charge is 0.230 e. The molecule has 0 aliphatic rings. The predicted molar refractivity (Wildman–Crippen MR) is 131 cm³/mol. The second kappa shape index (κ2) is 11.6. The number of methoxy groups -OCH3 is 1. The molecule has 6 nitrogen and oxygen atoms in total. The third-order valence-electron chi connectivity index (χ3n) is 4.66. The van der Waals surface area contributed by atoms with Gasteiger partial charge in [0.15, 0.2) is 11.0 Å². The largest absolute Gasteiger partial charge is 0.497 e. The van der Waals surface area contributed by atoms with E-state index in [0.29, 0.717) is 40.0 Å². The second-order valence-corrected chi connectivity index (χ2v) is 9.46. The molecule has 3 aromatic rings. The lowest BCUT2D eigenvalue weighted by Gasteiger charge is -2.13. The highest BCUT2D eigenvalue weighted by atomic mass is 35.5. The van der Waals surface area contributed by atoms with Crippen molar-refractivity contribution in [3.05, 3.63) is 58.1 Å². The summed E-state index contributed by atoms with van der Waals surface area (Å²) in [5, 5.41) is 13.4. The summed E-state index contributed by atoms with van der Waals surface area (Å²) in [6.07, 6.45) is 0.753. The third kappa shape index (κ3) is 6.64. The van der Waals surface area contributed by atoms with Crippen LogP contribution in [-0.4, -0.2) is 40.1 Å². The topological polar surface area (TPSA) is 69.0 Å². The minimum atomic E-state index is -0.0475. The monoisotopic (exact) mass is 492 g/mol. The van der Waals surface area contributed by atoms with Crippen LogP contribution in [0.4, 0.5) is 0 Å². The molecule has 0 saturated heterocycles. The highest BCUT2D eigenvalue weighted by Gasteiger charge is 2.18. The summed E-state index contributed by atoms with van der Waals surface area (Å²) in [6, 6.07) is 13.1. The Hall–Kier alpha value is -2.22. The molecule has 1 heterocycles. The van der Waals surface area contributed by atoms with Gasteiger partial charge < -0.3 is 14.6 Å². The van der Waals surface area contributed by atoms with Gasteiger partial charge in [0.25, 0.3) is 0 Å². The number of carbonyl (C=O) groups is 1. The molecule has 0 aliphatic carbocycles. The summed E-state index contributed by atoms with van der Waals surface area (Å²) in [6.45, 7) is 5.51. The number of nitrogens with one attached hydrogen (secondary N) is 1. The van der Waals surface area contributed by atoms with E-state index in [-0.39, 0.29) is 11.7 Å². The minimum Gasteiger partial charge on any atom is -0.497 e. The number of hydrogen-bond donors (Lipinski definition) is 1. The van der Waals surface area contributed by atoms with Gasteiger partial charge in [0.1, 0.15) is 5.75 Å². The van der Waals surface area contributed by atoms with Gasteiger partial charge >= 0.3 is 0 Å². The van der Waals surface area contributed by atoms with Crippen LogP contribution in [0.5, 0.6) is 5.75 Å². The van der Waals surface area contributed by atoms with Crippen LogP contribution in [0.2, 0.25) is 10.0 Å². The van der Waals surface area contributed by atoms with Crippen molar-refractivity contribution in [3.63, 3.8) is 0 Å².